The highest BCUT2D eigenvalue weighted by atomic mass is 15.4. The number of para-hydroxylation sites is 7. The molecule has 314 valence electrons. The summed E-state index contributed by atoms with van der Waals surface area (Å²) < 4.78 is 9.54. The van der Waals surface area contributed by atoms with Gasteiger partial charge < -0.3 is 19.4 Å². The molecule has 0 spiro atoms. The number of nitrogens with one attached hydrogen (secondary N) is 1. The molecule has 0 radical (unpaired) electrons. The highest BCUT2D eigenvalue weighted by Gasteiger charge is 2.32. The lowest BCUT2D eigenvalue weighted by Crippen LogP contribution is -2.17. The molecule has 9 aromatic carbocycles. The summed E-state index contributed by atoms with van der Waals surface area (Å²) in [5, 5.41) is 13.2. The third-order valence-electron chi connectivity index (χ3n) is 14.0. The van der Waals surface area contributed by atoms with Crippen LogP contribution in [-0.2, 0) is 0 Å². The van der Waals surface area contributed by atoms with Crippen molar-refractivity contribution in [3.63, 3.8) is 0 Å². The van der Waals surface area contributed by atoms with Crippen LogP contribution in [0.4, 0.5) is 17.2 Å². The van der Waals surface area contributed by atoms with Crippen molar-refractivity contribution in [2.75, 3.05) is 16.9 Å². The molecular weight excluding hydrogens is 821 g/mol. The second kappa shape index (κ2) is 13.7. The number of rotatable bonds is 5. The molecule has 8 nitrogen and oxygen atoms in total. The monoisotopic (exact) mass is 858 g/mol. The van der Waals surface area contributed by atoms with Gasteiger partial charge in [-0.15, -0.1) is 0 Å². The largest absolute Gasteiger partial charge is 0.361 e. The Labute approximate surface area is 383 Å². The zero-order valence-electron chi connectivity index (χ0n) is 36.0. The van der Waals surface area contributed by atoms with Gasteiger partial charge >= 0.3 is 0 Å². The minimum Gasteiger partial charge on any atom is -0.361 e. The number of hydrogen-bond donors (Lipinski definition) is 1. The predicted molar refractivity (Wildman–Crippen MR) is 276 cm³/mol. The van der Waals surface area contributed by atoms with E-state index in [1.54, 1.807) is 0 Å². The van der Waals surface area contributed by atoms with Crippen molar-refractivity contribution in [2.24, 2.45) is 0 Å². The van der Waals surface area contributed by atoms with Gasteiger partial charge in [0, 0.05) is 60.2 Å². The molecule has 5 aromatic heterocycles. The van der Waals surface area contributed by atoms with Gasteiger partial charge in [0.15, 0.2) is 11.6 Å². The Morgan fingerprint density at radius 3 is 1.31 bits per heavy atom. The van der Waals surface area contributed by atoms with E-state index in [-0.39, 0.29) is 0 Å². The molecule has 0 amide bonds. The summed E-state index contributed by atoms with van der Waals surface area (Å²) in [6.07, 6.45) is 0. The number of hydrogen-bond acceptors (Lipinski definition) is 4. The first-order valence-corrected chi connectivity index (χ1v) is 22.8. The molecule has 1 aliphatic rings. The van der Waals surface area contributed by atoms with E-state index in [4.69, 9.17) is 9.97 Å². The van der Waals surface area contributed by atoms with Gasteiger partial charge in [0.1, 0.15) is 5.69 Å². The van der Waals surface area contributed by atoms with E-state index in [1.807, 2.05) is 0 Å². The van der Waals surface area contributed by atoms with E-state index in [1.165, 1.54) is 27.1 Å². The normalized spacial score (nSPS) is 12.8. The fourth-order valence-electron chi connectivity index (χ4n) is 11.2. The summed E-state index contributed by atoms with van der Waals surface area (Å²) in [6.45, 7) is 0.534. The zero-order valence-corrected chi connectivity index (χ0v) is 36.0. The molecule has 0 atom stereocenters. The Balaban J connectivity index is 1.11. The highest BCUT2D eigenvalue weighted by Crippen LogP contribution is 2.47. The molecule has 67 heavy (non-hydrogen) atoms. The lowest BCUT2D eigenvalue weighted by atomic mass is 10.1. The molecule has 0 saturated carbocycles. The third kappa shape index (κ3) is 4.95. The Bertz CT molecular complexity index is 4330. The molecule has 0 fully saturated rings. The first kappa shape index (κ1) is 36.2. The summed E-state index contributed by atoms with van der Waals surface area (Å²) in [6, 6.07) is 76.1. The predicted octanol–water partition coefficient (Wildman–Crippen LogP) is 14.4. The van der Waals surface area contributed by atoms with Crippen molar-refractivity contribution in [2.45, 2.75) is 0 Å². The van der Waals surface area contributed by atoms with E-state index in [0.717, 1.165) is 94.5 Å². The number of aromatic nitrogens is 6. The number of fused-ring (bicyclic) bond motifs is 15. The summed E-state index contributed by atoms with van der Waals surface area (Å²) in [4.78, 5) is 13.7. The zero-order chi connectivity index (χ0) is 43.7. The van der Waals surface area contributed by atoms with Crippen LogP contribution in [0.15, 0.2) is 212 Å². The van der Waals surface area contributed by atoms with Crippen molar-refractivity contribution >= 4 is 104 Å². The van der Waals surface area contributed by atoms with Gasteiger partial charge in [-0.05, 0) is 66.7 Å². The van der Waals surface area contributed by atoms with Crippen molar-refractivity contribution in [1.29, 1.82) is 0 Å². The van der Waals surface area contributed by atoms with Gasteiger partial charge in [-0.3, -0.25) is 9.13 Å². The van der Waals surface area contributed by atoms with Crippen LogP contribution in [0.1, 0.15) is 0 Å². The van der Waals surface area contributed by atoms with E-state index < -0.39 is 0 Å². The van der Waals surface area contributed by atoms with Gasteiger partial charge in [0.05, 0.1) is 50.8 Å². The number of benzene rings is 9. The van der Waals surface area contributed by atoms with Gasteiger partial charge in [-0.25, -0.2) is 0 Å². The Hall–Kier alpha value is -9.14. The fraction of sp³-hybridized carbons (Fsp3) is 0.0169. The summed E-state index contributed by atoms with van der Waals surface area (Å²) >= 11 is 0. The van der Waals surface area contributed by atoms with Crippen molar-refractivity contribution in [1.82, 2.24) is 28.2 Å². The third-order valence-corrected chi connectivity index (χ3v) is 14.0. The van der Waals surface area contributed by atoms with Crippen LogP contribution >= 0.6 is 0 Å². The fourth-order valence-corrected chi connectivity index (χ4v) is 11.2. The SMILES string of the molecule is c1ccc(N2CNc3c2nc(-n2c4ccccc4c4c2ccc2c5ccccc5n(-c5ccccc5)c24)nc3-n2c3ccccc3c3ccc4c5ccccc5n(-c5ccccc5)c4c32)cc1. The van der Waals surface area contributed by atoms with Crippen molar-refractivity contribution in [3.8, 4) is 23.1 Å². The lowest BCUT2D eigenvalue weighted by molar-refractivity contribution is 0.948. The van der Waals surface area contributed by atoms with Crippen LogP contribution in [0.5, 0.6) is 0 Å². The molecule has 0 unspecified atom stereocenters. The average molecular weight is 859 g/mol. The molecule has 1 aliphatic heterocycles. The van der Waals surface area contributed by atoms with E-state index in [2.05, 4.69) is 241 Å². The quantitative estimate of drug-likeness (QED) is 0.187. The molecule has 0 saturated heterocycles. The average Bonchev–Trinajstić information content (AvgIpc) is 4.21. The lowest BCUT2D eigenvalue weighted by Gasteiger charge is -2.19. The van der Waals surface area contributed by atoms with Gasteiger partial charge in [0.2, 0.25) is 5.95 Å². The van der Waals surface area contributed by atoms with Crippen LogP contribution < -0.4 is 10.2 Å². The van der Waals surface area contributed by atoms with Crippen molar-refractivity contribution in [3.05, 3.63) is 212 Å². The van der Waals surface area contributed by atoms with Crippen LogP contribution in [0.2, 0.25) is 0 Å². The smallest absolute Gasteiger partial charge is 0.238 e. The molecule has 8 heteroatoms. The molecule has 15 rings (SSSR count). The van der Waals surface area contributed by atoms with Gasteiger partial charge in [-0.2, -0.15) is 9.97 Å². The maximum atomic E-state index is 5.83. The topological polar surface area (TPSA) is 60.8 Å². The highest BCUT2D eigenvalue weighted by molar-refractivity contribution is 6.27. The summed E-state index contributed by atoms with van der Waals surface area (Å²) in [5.41, 5.74) is 13.0. The van der Waals surface area contributed by atoms with Crippen LogP contribution in [0, 0.1) is 0 Å². The standard InChI is InChI=1S/C59H38N8/c1-4-18-37(19-5-1)63-36-60-53-57(63)61-59(66-50-31-17-13-27-46(50)52-51(66)35-34-43-40-24-10-14-28-47(40)64(54(43)52)38-20-6-2-7-21-38)62-58(53)67-49-30-16-12-26-42(49)45-33-32-44-41-25-11-15-29-48(41)65(55(44)56(45)67)39-22-8-3-9-23-39/h1-35,60H,36H2. The Morgan fingerprint density at radius 2 is 0.731 bits per heavy atom. The molecule has 1 N–H and O–H groups in total. The summed E-state index contributed by atoms with van der Waals surface area (Å²) in [5.74, 6) is 2.19. The maximum absolute atomic E-state index is 5.83. The minimum atomic E-state index is 0.534. The van der Waals surface area contributed by atoms with E-state index in [9.17, 15) is 0 Å². The second-order valence-electron chi connectivity index (χ2n) is 17.4. The number of anilines is 3. The van der Waals surface area contributed by atoms with E-state index >= 15 is 0 Å². The van der Waals surface area contributed by atoms with Gasteiger partial charge in [-0.1, -0.05) is 146 Å². The van der Waals surface area contributed by atoms with Crippen LogP contribution in [0.3, 0.4) is 0 Å². The van der Waals surface area contributed by atoms with Gasteiger partial charge in [0.25, 0.3) is 0 Å². The first-order valence-electron chi connectivity index (χ1n) is 22.8. The minimum absolute atomic E-state index is 0.534. The molecule has 14 aromatic rings. The second-order valence-corrected chi connectivity index (χ2v) is 17.4. The Morgan fingerprint density at radius 1 is 0.313 bits per heavy atom. The van der Waals surface area contributed by atoms with Crippen molar-refractivity contribution < 1.29 is 0 Å². The molecule has 0 bridgehead atoms. The maximum Gasteiger partial charge on any atom is 0.238 e. The van der Waals surface area contributed by atoms with E-state index in [0.29, 0.717) is 12.6 Å². The van der Waals surface area contributed by atoms with Crippen LogP contribution in [0.25, 0.3) is 110 Å². The molecule has 0 aliphatic carbocycles. The summed E-state index contributed by atoms with van der Waals surface area (Å²) in [7, 11) is 0. The Kier molecular flexibility index (Phi) is 7.40. The molecular formula is C59H38N8. The molecule has 6 heterocycles. The first-order chi connectivity index (χ1) is 33.3. The van der Waals surface area contributed by atoms with Crippen LogP contribution in [-0.4, -0.2) is 34.9 Å². The number of nitrogens with zero attached hydrogens (tertiary/aromatic N) is 7.